The van der Waals surface area contributed by atoms with Gasteiger partial charge in [0.2, 0.25) is 6.79 Å². The van der Waals surface area contributed by atoms with Crippen molar-refractivity contribution in [1.82, 2.24) is 5.32 Å². The molecule has 2 aliphatic rings. The Morgan fingerprint density at radius 1 is 1.23 bits per heavy atom. The van der Waals surface area contributed by atoms with E-state index in [0.29, 0.717) is 23.3 Å². The molecule has 6 nitrogen and oxygen atoms in total. The van der Waals surface area contributed by atoms with E-state index >= 15 is 0 Å². The lowest BCUT2D eigenvalue weighted by molar-refractivity contribution is -0.144. The van der Waals surface area contributed by atoms with Crippen molar-refractivity contribution in [3.05, 3.63) is 29.8 Å². The molecule has 26 heavy (non-hydrogen) atoms. The van der Waals surface area contributed by atoms with Crippen molar-refractivity contribution in [2.45, 2.75) is 39.2 Å². The topological polar surface area (TPSA) is 73.9 Å². The molecule has 1 fully saturated rings. The molecule has 1 aromatic carbocycles. The van der Waals surface area contributed by atoms with E-state index in [0.717, 1.165) is 18.4 Å². The lowest BCUT2D eigenvalue weighted by Crippen LogP contribution is -2.45. The number of ether oxygens (including phenoxy) is 3. The van der Waals surface area contributed by atoms with E-state index in [9.17, 15) is 9.59 Å². The second-order valence-electron chi connectivity index (χ2n) is 7.00. The Labute approximate surface area is 153 Å². The molecule has 0 radical (unpaired) electrons. The Bertz CT molecular complexity index is 699. The predicted molar refractivity (Wildman–Crippen MR) is 96.7 cm³/mol. The molecule has 0 spiro atoms. The molecule has 1 amide bonds. The maximum Gasteiger partial charge on any atom is 0.331 e. The van der Waals surface area contributed by atoms with E-state index < -0.39 is 5.97 Å². The smallest absolute Gasteiger partial charge is 0.331 e. The van der Waals surface area contributed by atoms with Gasteiger partial charge in [-0.1, -0.05) is 32.8 Å². The van der Waals surface area contributed by atoms with Crippen molar-refractivity contribution in [2.75, 3.05) is 13.4 Å². The first-order valence-corrected chi connectivity index (χ1v) is 9.07. The van der Waals surface area contributed by atoms with Gasteiger partial charge in [0.1, 0.15) is 0 Å². The van der Waals surface area contributed by atoms with Crippen LogP contribution in [0.2, 0.25) is 0 Å². The molecule has 1 heterocycles. The largest absolute Gasteiger partial charge is 0.454 e. The van der Waals surface area contributed by atoms with Crippen molar-refractivity contribution in [3.63, 3.8) is 0 Å². The lowest BCUT2D eigenvalue weighted by Gasteiger charge is -2.34. The van der Waals surface area contributed by atoms with Gasteiger partial charge < -0.3 is 19.5 Å². The second-order valence-corrected chi connectivity index (χ2v) is 7.00. The summed E-state index contributed by atoms with van der Waals surface area (Å²) in [6.07, 6.45) is 6.22. The van der Waals surface area contributed by atoms with Gasteiger partial charge in [0.05, 0.1) is 0 Å². The van der Waals surface area contributed by atoms with Crippen LogP contribution in [0.5, 0.6) is 11.5 Å². The lowest BCUT2D eigenvalue weighted by atomic mass is 9.78. The van der Waals surface area contributed by atoms with Crippen LogP contribution >= 0.6 is 0 Å². The molecular formula is C20H25NO5. The fraction of sp³-hybridized carbons (Fsp3) is 0.500. The number of hydrogen-bond acceptors (Lipinski definition) is 5. The number of carbonyl (C=O) groups excluding carboxylic acids is 2. The number of benzene rings is 1. The van der Waals surface area contributed by atoms with Crippen LogP contribution in [0.15, 0.2) is 24.3 Å². The van der Waals surface area contributed by atoms with Crippen LogP contribution in [0.3, 0.4) is 0 Å². The average Bonchev–Trinajstić information content (AvgIpc) is 3.10. The van der Waals surface area contributed by atoms with Crippen molar-refractivity contribution in [2.24, 2.45) is 11.8 Å². The maximum absolute atomic E-state index is 12.0. The third-order valence-corrected chi connectivity index (χ3v) is 5.21. The monoisotopic (exact) mass is 359 g/mol. The minimum atomic E-state index is -0.553. The summed E-state index contributed by atoms with van der Waals surface area (Å²) in [5.41, 5.74) is 0.792. The summed E-state index contributed by atoms with van der Waals surface area (Å²) in [4.78, 5) is 23.8. The summed E-state index contributed by atoms with van der Waals surface area (Å²) < 4.78 is 15.6. The number of amides is 1. The summed E-state index contributed by atoms with van der Waals surface area (Å²) in [7, 11) is 0. The summed E-state index contributed by atoms with van der Waals surface area (Å²) in [6, 6.07) is 5.54. The predicted octanol–water partition coefficient (Wildman–Crippen LogP) is 2.91. The average molecular weight is 359 g/mol. The molecule has 3 rings (SSSR count). The highest BCUT2D eigenvalue weighted by atomic mass is 16.7. The standard InChI is InChI=1S/C20H25NO5/c1-13-4-3-5-16(14(13)2)21-19(22)11-24-20(23)9-7-15-6-8-17-18(10-15)26-12-25-17/h6-10,13-14,16H,3-5,11-12H2,1-2H3,(H,21,22)/b9-7+/t13-,14+,16-/m0/s1. The van der Waals surface area contributed by atoms with Crippen LogP contribution in [0.4, 0.5) is 0 Å². The molecule has 0 bridgehead atoms. The summed E-state index contributed by atoms with van der Waals surface area (Å²) >= 11 is 0. The highest BCUT2D eigenvalue weighted by molar-refractivity contribution is 5.89. The third kappa shape index (κ3) is 4.56. The minimum Gasteiger partial charge on any atom is -0.454 e. The van der Waals surface area contributed by atoms with E-state index in [1.165, 1.54) is 12.5 Å². The molecule has 0 unspecified atom stereocenters. The number of carbonyl (C=O) groups is 2. The summed E-state index contributed by atoms with van der Waals surface area (Å²) in [5, 5.41) is 2.99. The molecule has 0 aromatic heterocycles. The van der Waals surface area contributed by atoms with Crippen LogP contribution in [0, 0.1) is 11.8 Å². The van der Waals surface area contributed by atoms with Crippen LogP contribution in [0.25, 0.3) is 6.08 Å². The van der Waals surface area contributed by atoms with Gasteiger partial charge in [-0.15, -0.1) is 0 Å². The van der Waals surface area contributed by atoms with Crippen LogP contribution < -0.4 is 14.8 Å². The molecule has 6 heteroatoms. The Morgan fingerprint density at radius 3 is 2.88 bits per heavy atom. The first-order valence-electron chi connectivity index (χ1n) is 9.07. The van der Waals surface area contributed by atoms with E-state index in [2.05, 4.69) is 19.2 Å². The van der Waals surface area contributed by atoms with Gasteiger partial charge in [0.15, 0.2) is 18.1 Å². The van der Waals surface area contributed by atoms with E-state index in [4.69, 9.17) is 14.2 Å². The fourth-order valence-electron chi connectivity index (χ4n) is 3.40. The van der Waals surface area contributed by atoms with Crippen molar-refractivity contribution in [1.29, 1.82) is 0 Å². The Balaban J connectivity index is 1.44. The minimum absolute atomic E-state index is 0.161. The SMILES string of the molecule is C[C@H]1[C@@H](NC(=O)COC(=O)/C=C/c2ccc3c(c2)OCO3)CCC[C@@H]1C. The Kier molecular flexibility index (Phi) is 5.81. The first-order chi connectivity index (χ1) is 12.5. The Morgan fingerprint density at radius 2 is 2.04 bits per heavy atom. The maximum atomic E-state index is 12.0. The highest BCUT2D eigenvalue weighted by Gasteiger charge is 2.28. The zero-order valence-corrected chi connectivity index (χ0v) is 15.2. The molecule has 1 aliphatic carbocycles. The number of rotatable bonds is 5. The van der Waals surface area contributed by atoms with Crippen LogP contribution in [-0.2, 0) is 14.3 Å². The van der Waals surface area contributed by atoms with E-state index in [-0.39, 0.29) is 25.3 Å². The molecule has 1 saturated carbocycles. The zero-order valence-electron chi connectivity index (χ0n) is 15.2. The number of nitrogens with one attached hydrogen (secondary N) is 1. The molecule has 3 atom stereocenters. The van der Waals surface area contributed by atoms with E-state index in [1.54, 1.807) is 18.2 Å². The highest BCUT2D eigenvalue weighted by Crippen LogP contribution is 2.32. The van der Waals surface area contributed by atoms with Crippen LogP contribution in [-0.4, -0.2) is 31.3 Å². The van der Waals surface area contributed by atoms with Crippen LogP contribution in [0.1, 0.15) is 38.7 Å². The van der Waals surface area contributed by atoms with Crippen molar-refractivity contribution < 1.29 is 23.8 Å². The van der Waals surface area contributed by atoms with Crippen molar-refractivity contribution >= 4 is 18.0 Å². The van der Waals surface area contributed by atoms with Gasteiger partial charge in [-0.25, -0.2) is 4.79 Å². The van der Waals surface area contributed by atoms with Gasteiger partial charge in [-0.05, 0) is 42.0 Å². The summed E-state index contributed by atoms with van der Waals surface area (Å²) in [5.74, 6) is 1.57. The third-order valence-electron chi connectivity index (χ3n) is 5.21. The van der Waals surface area contributed by atoms with Gasteiger partial charge in [-0.3, -0.25) is 4.79 Å². The number of fused-ring (bicyclic) bond motifs is 1. The molecule has 1 aliphatic heterocycles. The van der Waals surface area contributed by atoms with Gasteiger partial charge in [0.25, 0.3) is 5.91 Å². The molecule has 0 saturated heterocycles. The van der Waals surface area contributed by atoms with E-state index in [1.807, 2.05) is 6.07 Å². The first kappa shape index (κ1) is 18.3. The molecule has 1 N–H and O–H groups in total. The second kappa shape index (κ2) is 8.25. The fourth-order valence-corrected chi connectivity index (χ4v) is 3.40. The zero-order chi connectivity index (χ0) is 18.5. The van der Waals surface area contributed by atoms with Crippen molar-refractivity contribution in [3.8, 4) is 11.5 Å². The van der Waals surface area contributed by atoms with Gasteiger partial charge >= 0.3 is 5.97 Å². The Hall–Kier alpha value is -2.50. The molecular weight excluding hydrogens is 334 g/mol. The van der Waals surface area contributed by atoms with Gasteiger partial charge in [0, 0.05) is 12.1 Å². The molecule has 140 valence electrons. The molecule has 1 aromatic rings. The quantitative estimate of drug-likeness (QED) is 0.646. The normalized spacial score (nSPS) is 24.5. The summed E-state index contributed by atoms with van der Waals surface area (Å²) in [6.45, 7) is 4.32. The van der Waals surface area contributed by atoms with Gasteiger partial charge in [-0.2, -0.15) is 0 Å². The number of hydrogen-bond donors (Lipinski definition) is 1. The number of esters is 1.